The van der Waals surface area contributed by atoms with Gasteiger partial charge in [0.2, 0.25) is 0 Å². The molecule has 0 heterocycles. The molecule has 2 rings (SSSR count). The second kappa shape index (κ2) is 9.31. The number of nitro groups is 1. The fourth-order valence-corrected chi connectivity index (χ4v) is 2.10. The highest BCUT2D eigenvalue weighted by molar-refractivity contribution is 5.95. The van der Waals surface area contributed by atoms with Crippen molar-refractivity contribution in [2.24, 2.45) is 0 Å². The van der Waals surface area contributed by atoms with Gasteiger partial charge >= 0.3 is 5.97 Å². The molecule has 2 aromatic rings. The van der Waals surface area contributed by atoms with Crippen LogP contribution >= 0.6 is 0 Å². The summed E-state index contributed by atoms with van der Waals surface area (Å²) in [7, 11) is 1.35. The monoisotopic (exact) mass is 392 g/mol. The largest absolute Gasteiger partial charge is 0.496 e. The van der Waals surface area contributed by atoms with Crippen LogP contribution in [0.3, 0.4) is 0 Å². The van der Waals surface area contributed by atoms with Crippen molar-refractivity contribution in [3.63, 3.8) is 0 Å². The van der Waals surface area contributed by atoms with E-state index in [0.29, 0.717) is 0 Å². The molecule has 9 nitrogen and oxygen atoms in total. The smallest absolute Gasteiger partial charge is 0.347 e. The van der Waals surface area contributed by atoms with Gasteiger partial charge in [0.05, 0.1) is 18.1 Å². The van der Waals surface area contributed by atoms with Crippen LogP contribution in [0, 0.1) is 15.9 Å². The van der Waals surface area contributed by atoms with E-state index in [1.54, 1.807) is 0 Å². The fraction of sp³-hybridized carbons (Fsp3) is 0.222. The zero-order valence-electron chi connectivity index (χ0n) is 15.0. The fourth-order valence-electron chi connectivity index (χ4n) is 2.10. The lowest BCUT2D eigenvalue weighted by Crippen LogP contribution is -2.29. The quantitative estimate of drug-likeness (QED) is 0.417. The van der Waals surface area contributed by atoms with Gasteiger partial charge in [0.15, 0.2) is 12.7 Å². The number of nitrogens with one attached hydrogen (secondary N) is 1. The summed E-state index contributed by atoms with van der Waals surface area (Å²) in [5.74, 6) is -1.54. The van der Waals surface area contributed by atoms with Gasteiger partial charge in [0.1, 0.15) is 23.0 Å². The number of hydrogen-bond acceptors (Lipinski definition) is 7. The summed E-state index contributed by atoms with van der Waals surface area (Å²) in [6.07, 6.45) is -1.05. The Labute approximate surface area is 159 Å². The summed E-state index contributed by atoms with van der Waals surface area (Å²) < 4.78 is 27.9. The maximum atomic E-state index is 12.9. The van der Waals surface area contributed by atoms with Crippen LogP contribution in [0.5, 0.6) is 11.5 Å². The standard InChI is InChI=1S/C18H17FN2O7/c1-11(28-13-5-3-12(19)4-6-13)18(23)27-10-17(22)20-15-8-7-14(26-2)9-16(15)21(24)25/h3-9,11H,10H2,1-2H3,(H,20,22)/t11-/m0/s1. The van der Waals surface area contributed by atoms with Crippen LogP contribution in [0.2, 0.25) is 0 Å². The minimum Gasteiger partial charge on any atom is -0.496 e. The van der Waals surface area contributed by atoms with Gasteiger partial charge in [-0.05, 0) is 43.3 Å². The molecule has 0 aliphatic carbocycles. The molecule has 0 aliphatic heterocycles. The van der Waals surface area contributed by atoms with E-state index in [2.05, 4.69) is 5.32 Å². The highest BCUT2D eigenvalue weighted by atomic mass is 19.1. The molecule has 1 amide bonds. The van der Waals surface area contributed by atoms with Gasteiger partial charge in [-0.3, -0.25) is 14.9 Å². The number of rotatable bonds is 8. The minimum absolute atomic E-state index is 0.0672. The van der Waals surface area contributed by atoms with Crippen molar-refractivity contribution in [3.8, 4) is 11.5 Å². The molecule has 0 aliphatic rings. The summed E-state index contributed by atoms with van der Waals surface area (Å²) in [6, 6.07) is 8.92. The molecule has 0 aromatic heterocycles. The van der Waals surface area contributed by atoms with Crippen molar-refractivity contribution in [3.05, 3.63) is 58.4 Å². The Balaban J connectivity index is 1.90. The number of methoxy groups -OCH3 is 1. The molecule has 148 valence electrons. The van der Waals surface area contributed by atoms with Crippen molar-refractivity contribution < 1.29 is 33.1 Å². The third kappa shape index (κ3) is 5.66. The number of nitrogens with zero attached hydrogens (tertiary/aromatic N) is 1. The van der Waals surface area contributed by atoms with E-state index in [0.717, 1.165) is 6.07 Å². The third-order valence-corrected chi connectivity index (χ3v) is 3.48. The molecule has 0 saturated heterocycles. The Bertz CT molecular complexity index is 871. The first-order valence-electron chi connectivity index (χ1n) is 8.01. The normalized spacial score (nSPS) is 11.2. The molecular weight excluding hydrogens is 375 g/mol. The van der Waals surface area contributed by atoms with E-state index < -0.39 is 35.3 Å². The Morgan fingerprint density at radius 3 is 2.43 bits per heavy atom. The minimum atomic E-state index is -1.05. The van der Waals surface area contributed by atoms with E-state index in [1.165, 1.54) is 50.4 Å². The first-order valence-corrected chi connectivity index (χ1v) is 8.01. The summed E-state index contributed by atoms with van der Waals surface area (Å²) in [4.78, 5) is 34.3. The molecule has 0 radical (unpaired) electrons. The lowest BCUT2D eigenvalue weighted by atomic mass is 10.2. The number of hydrogen-bond donors (Lipinski definition) is 1. The van der Waals surface area contributed by atoms with Gasteiger partial charge in [-0.1, -0.05) is 0 Å². The molecule has 0 bridgehead atoms. The SMILES string of the molecule is COc1ccc(NC(=O)COC(=O)[C@H](C)Oc2ccc(F)cc2)c([N+](=O)[O-])c1. The molecule has 0 fully saturated rings. The number of halogens is 1. The average Bonchev–Trinajstić information content (AvgIpc) is 2.67. The Morgan fingerprint density at radius 1 is 1.18 bits per heavy atom. The average molecular weight is 392 g/mol. The molecule has 28 heavy (non-hydrogen) atoms. The maximum absolute atomic E-state index is 12.9. The molecule has 0 saturated carbocycles. The number of ether oxygens (including phenoxy) is 3. The second-order valence-electron chi connectivity index (χ2n) is 5.51. The second-order valence-corrected chi connectivity index (χ2v) is 5.51. The van der Waals surface area contributed by atoms with Crippen LogP contribution in [0.15, 0.2) is 42.5 Å². The summed E-state index contributed by atoms with van der Waals surface area (Å²) in [6.45, 7) is 0.733. The maximum Gasteiger partial charge on any atom is 0.347 e. The lowest BCUT2D eigenvalue weighted by Gasteiger charge is -2.14. The topological polar surface area (TPSA) is 117 Å². The van der Waals surface area contributed by atoms with Crippen LogP contribution < -0.4 is 14.8 Å². The van der Waals surface area contributed by atoms with Crippen LogP contribution in [0.25, 0.3) is 0 Å². The van der Waals surface area contributed by atoms with Crippen molar-refractivity contribution >= 4 is 23.3 Å². The van der Waals surface area contributed by atoms with E-state index in [4.69, 9.17) is 14.2 Å². The lowest BCUT2D eigenvalue weighted by molar-refractivity contribution is -0.384. The zero-order chi connectivity index (χ0) is 20.7. The van der Waals surface area contributed by atoms with Gasteiger partial charge in [0.25, 0.3) is 11.6 Å². The highest BCUT2D eigenvalue weighted by Crippen LogP contribution is 2.28. The van der Waals surface area contributed by atoms with E-state index in [1.807, 2.05) is 0 Å². The van der Waals surface area contributed by atoms with Gasteiger partial charge in [-0.15, -0.1) is 0 Å². The summed E-state index contributed by atoms with van der Waals surface area (Å²) in [5, 5.41) is 13.4. The van der Waals surface area contributed by atoms with Crippen LogP contribution in [-0.4, -0.2) is 36.6 Å². The van der Waals surface area contributed by atoms with Crippen molar-refractivity contribution in [2.75, 3.05) is 19.0 Å². The van der Waals surface area contributed by atoms with Crippen molar-refractivity contribution in [1.82, 2.24) is 0 Å². The number of esters is 1. The van der Waals surface area contributed by atoms with Crippen molar-refractivity contribution in [2.45, 2.75) is 13.0 Å². The Kier molecular flexibility index (Phi) is 6.85. The molecule has 10 heteroatoms. The first kappa shape index (κ1) is 20.6. The van der Waals surface area contributed by atoms with Gasteiger partial charge in [-0.2, -0.15) is 0 Å². The molecule has 1 N–H and O–H groups in total. The van der Waals surface area contributed by atoms with E-state index >= 15 is 0 Å². The number of carbonyl (C=O) groups excluding carboxylic acids is 2. The first-order chi connectivity index (χ1) is 13.3. The predicted octanol–water partition coefficient (Wildman–Crippen LogP) is 2.69. The van der Waals surface area contributed by atoms with Gasteiger partial charge in [0, 0.05) is 0 Å². The van der Waals surface area contributed by atoms with Crippen molar-refractivity contribution in [1.29, 1.82) is 0 Å². The van der Waals surface area contributed by atoms with Crippen LogP contribution in [0.4, 0.5) is 15.8 Å². The number of anilines is 1. The number of carbonyl (C=O) groups is 2. The Hall–Kier alpha value is -3.69. The zero-order valence-corrected chi connectivity index (χ0v) is 15.0. The van der Waals surface area contributed by atoms with Crippen LogP contribution in [0.1, 0.15) is 6.92 Å². The van der Waals surface area contributed by atoms with E-state index in [9.17, 15) is 24.1 Å². The van der Waals surface area contributed by atoms with Gasteiger partial charge < -0.3 is 19.5 Å². The van der Waals surface area contributed by atoms with Crippen LogP contribution in [-0.2, 0) is 14.3 Å². The molecule has 0 unspecified atom stereocenters. The molecule has 0 spiro atoms. The Morgan fingerprint density at radius 2 is 1.82 bits per heavy atom. The number of benzene rings is 2. The summed E-state index contributed by atoms with van der Waals surface area (Å²) in [5.41, 5.74) is -0.436. The molecular formula is C18H17FN2O7. The molecule has 2 aromatic carbocycles. The molecule has 1 atom stereocenters. The third-order valence-electron chi connectivity index (χ3n) is 3.48. The predicted molar refractivity (Wildman–Crippen MR) is 95.7 cm³/mol. The highest BCUT2D eigenvalue weighted by Gasteiger charge is 2.20. The van der Waals surface area contributed by atoms with Gasteiger partial charge in [-0.25, -0.2) is 9.18 Å². The van der Waals surface area contributed by atoms with E-state index in [-0.39, 0.29) is 22.9 Å². The number of nitro benzene ring substituents is 1. The summed E-state index contributed by atoms with van der Waals surface area (Å²) >= 11 is 0. The number of amides is 1.